The Hall–Kier alpha value is -3.02. The zero-order valence-electron chi connectivity index (χ0n) is 14.4. The number of halogens is 5. The minimum Gasteiger partial charge on any atom is -0.390 e. The molecule has 2 rings (SSSR count). The van der Waals surface area contributed by atoms with Gasteiger partial charge in [-0.2, -0.15) is 18.2 Å². The van der Waals surface area contributed by atoms with Crippen LogP contribution >= 0.6 is 0 Å². The molecular formula is C16H16F5N5O2. The molecule has 1 heterocycles. The quantitative estimate of drug-likeness (QED) is 0.552. The van der Waals surface area contributed by atoms with Gasteiger partial charge in [0.2, 0.25) is 5.95 Å². The van der Waals surface area contributed by atoms with Crippen LogP contribution in [0.4, 0.5) is 44.2 Å². The van der Waals surface area contributed by atoms with Crippen LogP contribution in [0.5, 0.6) is 0 Å². The molecule has 0 aliphatic heterocycles. The molecule has 1 aromatic carbocycles. The molecule has 2 aromatic rings. The molecule has 0 radical (unpaired) electrons. The van der Waals surface area contributed by atoms with Crippen LogP contribution in [0.2, 0.25) is 0 Å². The van der Waals surface area contributed by atoms with Crippen molar-refractivity contribution in [2.45, 2.75) is 19.0 Å². The van der Waals surface area contributed by atoms with Crippen LogP contribution in [0.15, 0.2) is 30.3 Å². The van der Waals surface area contributed by atoms with Gasteiger partial charge in [0.15, 0.2) is 0 Å². The van der Waals surface area contributed by atoms with Gasteiger partial charge in [-0.15, -0.1) is 0 Å². The Labute approximate surface area is 156 Å². The molecule has 152 valence electrons. The van der Waals surface area contributed by atoms with Gasteiger partial charge in [0, 0.05) is 17.4 Å². The molecule has 0 atom stereocenters. The van der Waals surface area contributed by atoms with Gasteiger partial charge in [-0.25, -0.2) is 18.6 Å². The maximum absolute atomic E-state index is 13.1. The molecule has 0 fully saturated rings. The molecule has 2 amide bonds. The van der Waals surface area contributed by atoms with Crippen molar-refractivity contribution in [3.05, 3.63) is 41.6 Å². The summed E-state index contributed by atoms with van der Waals surface area (Å²) in [4.78, 5) is 19.7. The molecular weight excluding hydrogens is 389 g/mol. The second kappa shape index (κ2) is 8.33. The Morgan fingerprint density at radius 1 is 1.11 bits per heavy atom. The Morgan fingerprint density at radius 2 is 1.82 bits per heavy atom. The number of rotatable bonds is 6. The highest BCUT2D eigenvalue weighted by Gasteiger charge is 2.30. The number of amides is 2. The number of urea groups is 1. The van der Waals surface area contributed by atoms with Crippen molar-refractivity contribution in [1.29, 1.82) is 0 Å². The van der Waals surface area contributed by atoms with E-state index in [4.69, 9.17) is 5.11 Å². The minimum absolute atomic E-state index is 0.0324. The van der Waals surface area contributed by atoms with Crippen molar-refractivity contribution >= 4 is 23.5 Å². The number of carbonyl (C=O) groups excluding carboxylic acids is 1. The van der Waals surface area contributed by atoms with Gasteiger partial charge in [0.25, 0.3) is 5.92 Å². The van der Waals surface area contributed by atoms with Crippen molar-refractivity contribution in [1.82, 2.24) is 9.97 Å². The van der Waals surface area contributed by atoms with Gasteiger partial charge in [-0.05, 0) is 25.1 Å². The van der Waals surface area contributed by atoms with E-state index in [0.717, 1.165) is 18.2 Å². The summed E-state index contributed by atoms with van der Waals surface area (Å²) in [5.41, 5.74) is -0.714. The predicted octanol–water partition coefficient (Wildman–Crippen LogP) is 3.49. The second-order valence-electron chi connectivity index (χ2n) is 5.74. The van der Waals surface area contributed by atoms with Crippen LogP contribution in [0.25, 0.3) is 0 Å². The van der Waals surface area contributed by atoms with Gasteiger partial charge < -0.3 is 15.7 Å². The fourth-order valence-electron chi connectivity index (χ4n) is 2.03. The number of aryl methyl sites for hydroxylation is 1. The molecule has 4 N–H and O–H groups in total. The number of aliphatic hydroxyl groups excluding tert-OH is 1. The number of benzene rings is 1. The lowest BCUT2D eigenvalue weighted by atomic mass is 10.2. The molecule has 0 spiro atoms. The summed E-state index contributed by atoms with van der Waals surface area (Å²) < 4.78 is 64.3. The average molecular weight is 405 g/mol. The highest BCUT2D eigenvalue weighted by molar-refractivity contribution is 5.98. The van der Waals surface area contributed by atoms with E-state index in [1.54, 1.807) is 0 Å². The molecule has 28 heavy (non-hydrogen) atoms. The number of aliphatic hydroxyl groups is 1. The molecule has 0 saturated carbocycles. The molecule has 12 heteroatoms. The first-order valence-electron chi connectivity index (χ1n) is 7.82. The Morgan fingerprint density at radius 3 is 2.46 bits per heavy atom. The number of aromatic nitrogens is 2. The van der Waals surface area contributed by atoms with Crippen LogP contribution < -0.4 is 16.0 Å². The summed E-state index contributed by atoms with van der Waals surface area (Å²) in [5, 5.41) is 15.3. The number of hydrogen-bond donors (Lipinski definition) is 4. The monoisotopic (exact) mass is 405 g/mol. The Bertz CT molecular complexity index is 844. The predicted molar refractivity (Wildman–Crippen MR) is 91.4 cm³/mol. The number of alkyl halides is 5. The lowest BCUT2D eigenvalue weighted by Gasteiger charge is -2.15. The zero-order chi connectivity index (χ0) is 20.9. The van der Waals surface area contributed by atoms with E-state index in [1.165, 1.54) is 19.1 Å². The van der Waals surface area contributed by atoms with Crippen LogP contribution in [0.1, 0.15) is 11.3 Å². The molecule has 1 aromatic heterocycles. The van der Waals surface area contributed by atoms with Gasteiger partial charge >= 0.3 is 12.2 Å². The molecule has 0 aliphatic rings. The lowest BCUT2D eigenvalue weighted by Crippen LogP contribution is -2.31. The summed E-state index contributed by atoms with van der Waals surface area (Å²) in [6.07, 6.45) is -4.56. The van der Waals surface area contributed by atoms with Crippen molar-refractivity contribution in [3.8, 4) is 0 Å². The van der Waals surface area contributed by atoms with Crippen molar-refractivity contribution < 1.29 is 31.9 Å². The molecule has 0 aliphatic carbocycles. The average Bonchev–Trinajstić information content (AvgIpc) is 2.59. The summed E-state index contributed by atoms with van der Waals surface area (Å²) in [5.74, 6) is -3.65. The third kappa shape index (κ3) is 6.30. The number of nitrogens with zero attached hydrogens (tertiary/aromatic N) is 2. The second-order valence-corrected chi connectivity index (χ2v) is 5.74. The smallest absolute Gasteiger partial charge is 0.390 e. The van der Waals surface area contributed by atoms with E-state index < -0.39 is 36.8 Å². The number of carbonyl (C=O) groups is 1. The van der Waals surface area contributed by atoms with Gasteiger partial charge in [0.1, 0.15) is 12.4 Å². The molecule has 0 saturated heterocycles. The zero-order valence-corrected chi connectivity index (χ0v) is 14.4. The normalized spacial score (nSPS) is 11.8. The number of hydrogen-bond acceptors (Lipinski definition) is 5. The summed E-state index contributed by atoms with van der Waals surface area (Å²) >= 11 is 0. The van der Waals surface area contributed by atoms with E-state index in [9.17, 15) is 26.7 Å². The van der Waals surface area contributed by atoms with E-state index >= 15 is 0 Å². The highest BCUT2D eigenvalue weighted by atomic mass is 19.4. The third-order valence-electron chi connectivity index (χ3n) is 3.29. The van der Waals surface area contributed by atoms with Gasteiger partial charge in [-0.3, -0.25) is 5.32 Å². The first-order chi connectivity index (χ1) is 13.0. The summed E-state index contributed by atoms with van der Waals surface area (Å²) in [6, 6.07) is 4.41. The third-order valence-corrected chi connectivity index (χ3v) is 3.29. The molecule has 7 nitrogen and oxygen atoms in total. The van der Waals surface area contributed by atoms with Crippen molar-refractivity contribution in [3.63, 3.8) is 0 Å². The standard InChI is InChI=1S/C16H16F5N5O2/c1-9-5-12(22-7-15(17,18)8-27)25-13(23-9)26-14(28)24-11-4-2-3-10(6-11)16(19,20)21/h2-6,27H,7-8H2,1H3,(H3,22,23,24,25,26,28). The van der Waals surface area contributed by atoms with Crippen LogP contribution in [-0.4, -0.2) is 40.2 Å². The maximum Gasteiger partial charge on any atom is 0.416 e. The SMILES string of the molecule is Cc1cc(NCC(F)(F)CO)nc(NC(=O)Nc2cccc(C(F)(F)F)c2)n1. The Kier molecular flexibility index (Phi) is 6.33. The van der Waals surface area contributed by atoms with Crippen molar-refractivity contribution in [2.75, 3.05) is 29.1 Å². The number of anilines is 3. The van der Waals surface area contributed by atoms with Crippen LogP contribution in [0, 0.1) is 6.92 Å². The van der Waals surface area contributed by atoms with Crippen LogP contribution in [-0.2, 0) is 6.18 Å². The fourth-order valence-corrected chi connectivity index (χ4v) is 2.03. The number of nitrogens with one attached hydrogen (secondary N) is 3. The molecule has 0 bridgehead atoms. The first-order valence-corrected chi connectivity index (χ1v) is 7.82. The van der Waals surface area contributed by atoms with E-state index in [2.05, 4.69) is 25.9 Å². The van der Waals surface area contributed by atoms with Crippen molar-refractivity contribution in [2.24, 2.45) is 0 Å². The topological polar surface area (TPSA) is 99.2 Å². The van der Waals surface area contributed by atoms with E-state index in [-0.39, 0.29) is 17.5 Å². The minimum atomic E-state index is -4.56. The van der Waals surface area contributed by atoms with E-state index in [0.29, 0.717) is 5.69 Å². The largest absolute Gasteiger partial charge is 0.416 e. The fraction of sp³-hybridized carbons (Fsp3) is 0.312. The van der Waals surface area contributed by atoms with Gasteiger partial charge in [0.05, 0.1) is 12.1 Å². The lowest BCUT2D eigenvalue weighted by molar-refractivity contribution is -0.137. The highest BCUT2D eigenvalue weighted by Crippen LogP contribution is 2.30. The Balaban J connectivity index is 2.06. The maximum atomic E-state index is 13.1. The first kappa shape index (κ1) is 21.3. The summed E-state index contributed by atoms with van der Waals surface area (Å²) in [7, 11) is 0. The summed E-state index contributed by atoms with van der Waals surface area (Å²) in [6.45, 7) is -0.725. The molecule has 0 unspecified atom stereocenters. The van der Waals surface area contributed by atoms with Crippen LogP contribution in [0.3, 0.4) is 0 Å². The van der Waals surface area contributed by atoms with E-state index in [1.807, 2.05) is 0 Å². The van der Waals surface area contributed by atoms with Gasteiger partial charge in [-0.1, -0.05) is 6.07 Å².